The molecule has 0 spiro atoms. The molecule has 2 aromatic rings. The smallest absolute Gasteiger partial charge is 0.250 e. The van der Waals surface area contributed by atoms with Gasteiger partial charge in [0.05, 0.1) is 12.6 Å². The van der Waals surface area contributed by atoms with E-state index in [1.807, 2.05) is 18.2 Å². The SMILES string of the molecule is N#CCC1(Cn2nc3ccccn3c2=O)CC1. The largest absolute Gasteiger partial charge is 0.350 e. The summed E-state index contributed by atoms with van der Waals surface area (Å²) in [7, 11) is 0. The molecule has 0 saturated heterocycles. The number of hydrogen-bond donors (Lipinski definition) is 0. The Bertz CT molecular complexity index is 657. The Hall–Kier alpha value is -2.09. The van der Waals surface area contributed by atoms with Crippen LogP contribution in [0.4, 0.5) is 0 Å². The molecule has 0 N–H and O–H groups in total. The maximum Gasteiger partial charge on any atom is 0.350 e. The first-order valence-corrected chi connectivity index (χ1v) is 5.65. The predicted molar refractivity (Wildman–Crippen MR) is 61.3 cm³/mol. The fourth-order valence-electron chi connectivity index (χ4n) is 2.12. The van der Waals surface area contributed by atoms with Crippen molar-refractivity contribution in [1.82, 2.24) is 14.2 Å². The molecule has 0 aromatic carbocycles. The minimum Gasteiger partial charge on any atom is -0.250 e. The summed E-state index contributed by atoms with van der Waals surface area (Å²) in [4.78, 5) is 12.0. The highest BCUT2D eigenvalue weighted by Crippen LogP contribution is 2.49. The third kappa shape index (κ3) is 1.62. The van der Waals surface area contributed by atoms with Gasteiger partial charge >= 0.3 is 5.69 Å². The zero-order valence-corrected chi connectivity index (χ0v) is 9.33. The molecule has 0 atom stereocenters. The molecule has 1 fully saturated rings. The fraction of sp³-hybridized carbons (Fsp3) is 0.417. The highest BCUT2D eigenvalue weighted by atomic mass is 16.2. The van der Waals surface area contributed by atoms with E-state index < -0.39 is 0 Å². The molecule has 0 radical (unpaired) electrons. The van der Waals surface area contributed by atoms with Crippen molar-refractivity contribution in [3.8, 4) is 6.07 Å². The van der Waals surface area contributed by atoms with E-state index in [0.717, 1.165) is 12.8 Å². The molecule has 1 saturated carbocycles. The van der Waals surface area contributed by atoms with E-state index in [2.05, 4.69) is 11.2 Å². The lowest BCUT2D eigenvalue weighted by Crippen LogP contribution is -2.25. The molecular formula is C12H12N4O. The van der Waals surface area contributed by atoms with Gasteiger partial charge in [-0.05, 0) is 25.0 Å². The van der Waals surface area contributed by atoms with Gasteiger partial charge in [0.2, 0.25) is 0 Å². The van der Waals surface area contributed by atoms with E-state index in [1.54, 1.807) is 6.20 Å². The number of nitrogens with zero attached hydrogens (tertiary/aromatic N) is 4. The Morgan fingerprint density at radius 1 is 1.47 bits per heavy atom. The molecule has 1 aliphatic rings. The van der Waals surface area contributed by atoms with E-state index in [4.69, 9.17) is 5.26 Å². The summed E-state index contributed by atoms with van der Waals surface area (Å²) in [6, 6.07) is 7.66. The van der Waals surface area contributed by atoms with Crippen LogP contribution in [0.25, 0.3) is 5.65 Å². The Kier molecular flexibility index (Phi) is 2.05. The number of aromatic nitrogens is 3. The van der Waals surface area contributed by atoms with Gasteiger partial charge in [-0.3, -0.25) is 4.40 Å². The van der Waals surface area contributed by atoms with E-state index in [1.165, 1.54) is 9.08 Å². The second-order valence-corrected chi connectivity index (χ2v) is 4.70. The van der Waals surface area contributed by atoms with Crippen LogP contribution in [0.5, 0.6) is 0 Å². The fourth-order valence-corrected chi connectivity index (χ4v) is 2.12. The van der Waals surface area contributed by atoms with Crippen LogP contribution in [-0.2, 0) is 6.54 Å². The summed E-state index contributed by atoms with van der Waals surface area (Å²) < 4.78 is 3.02. The van der Waals surface area contributed by atoms with Crippen LogP contribution in [0.2, 0.25) is 0 Å². The van der Waals surface area contributed by atoms with Crippen LogP contribution >= 0.6 is 0 Å². The molecular weight excluding hydrogens is 216 g/mol. The topological polar surface area (TPSA) is 63.1 Å². The first kappa shape index (κ1) is 10.1. The number of hydrogen-bond acceptors (Lipinski definition) is 3. The standard InChI is InChI=1S/C12H12N4O/c13-7-6-12(4-5-12)9-16-11(17)15-8-2-1-3-10(15)14-16/h1-3,8H,4-6,9H2. The van der Waals surface area contributed by atoms with Crippen molar-refractivity contribution in [2.45, 2.75) is 25.8 Å². The zero-order chi connectivity index (χ0) is 11.9. The zero-order valence-electron chi connectivity index (χ0n) is 9.33. The summed E-state index contributed by atoms with van der Waals surface area (Å²) in [5.74, 6) is 0. The van der Waals surface area contributed by atoms with Gasteiger partial charge in [0.15, 0.2) is 5.65 Å². The first-order valence-electron chi connectivity index (χ1n) is 5.65. The molecule has 5 heteroatoms. The Balaban J connectivity index is 1.99. The molecule has 86 valence electrons. The third-order valence-corrected chi connectivity index (χ3v) is 3.38. The van der Waals surface area contributed by atoms with Gasteiger partial charge in [0.25, 0.3) is 0 Å². The van der Waals surface area contributed by atoms with Gasteiger partial charge in [0.1, 0.15) is 0 Å². The molecule has 0 bridgehead atoms. The van der Waals surface area contributed by atoms with Gasteiger partial charge in [-0.1, -0.05) is 6.07 Å². The van der Waals surface area contributed by atoms with Crippen LogP contribution in [0, 0.1) is 16.7 Å². The average molecular weight is 228 g/mol. The second kappa shape index (κ2) is 3.45. The van der Waals surface area contributed by atoms with Crippen molar-refractivity contribution >= 4 is 5.65 Å². The number of nitriles is 1. The number of fused-ring (bicyclic) bond motifs is 1. The molecule has 2 heterocycles. The van der Waals surface area contributed by atoms with Crippen LogP contribution in [-0.4, -0.2) is 14.2 Å². The minimum atomic E-state index is -0.121. The van der Waals surface area contributed by atoms with E-state index in [-0.39, 0.29) is 11.1 Å². The predicted octanol–water partition coefficient (Wildman–Crippen LogP) is 1.19. The van der Waals surface area contributed by atoms with Gasteiger partial charge in [-0.25, -0.2) is 9.48 Å². The normalized spacial score (nSPS) is 16.9. The highest BCUT2D eigenvalue weighted by Gasteiger charge is 2.43. The minimum absolute atomic E-state index is 0.00346. The molecule has 1 aliphatic carbocycles. The average Bonchev–Trinajstić information content (AvgIpc) is 3.01. The van der Waals surface area contributed by atoms with Crippen molar-refractivity contribution in [2.75, 3.05) is 0 Å². The van der Waals surface area contributed by atoms with E-state index in [0.29, 0.717) is 18.6 Å². The first-order chi connectivity index (χ1) is 8.24. The molecule has 0 unspecified atom stereocenters. The molecule has 17 heavy (non-hydrogen) atoms. The summed E-state index contributed by atoms with van der Waals surface area (Å²) >= 11 is 0. The lowest BCUT2D eigenvalue weighted by molar-refractivity contribution is 0.396. The van der Waals surface area contributed by atoms with Crippen LogP contribution in [0.3, 0.4) is 0 Å². The number of rotatable bonds is 3. The lowest BCUT2D eigenvalue weighted by atomic mass is 10.0. The number of pyridine rings is 1. The quantitative estimate of drug-likeness (QED) is 0.792. The second-order valence-electron chi connectivity index (χ2n) is 4.70. The Labute approximate surface area is 97.9 Å². The van der Waals surface area contributed by atoms with E-state index >= 15 is 0 Å². The molecule has 3 rings (SSSR count). The van der Waals surface area contributed by atoms with Crippen molar-refractivity contribution in [1.29, 1.82) is 5.26 Å². The Morgan fingerprint density at radius 2 is 2.29 bits per heavy atom. The summed E-state index contributed by atoms with van der Waals surface area (Å²) in [5, 5.41) is 13.0. The van der Waals surface area contributed by atoms with Gasteiger partial charge in [0, 0.05) is 18.0 Å². The van der Waals surface area contributed by atoms with Gasteiger partial charge < -0.3 is 0 Å². The van der Waals surface area contributed by atoms with Crippen LogP contribution in [0.15, 0.2) is 29.2 Å². The monoisotopic (exact) mass is 228 g/mol. The summed E-state index contributed by atoms with van der Waals surface area (Å²) in [6.45, 7) is 0.557. The van der Waals surface area contributed by atoms with Crippen molar-refractivity contribution < 1.29 is 0 Å². The summed E-state index contributed by atoms with van der Waals surface area (Å²) in [6.07, 6.45) is 4.25. The van der Waals surface area contributed by atoms with Gasteiger partial charge in [-0.2, -0.15) is 5.26 Å². The Morgan fingerprint density at radius 3 is 2.94 bits per heavy atom. The van der Waals surface area contributed by atoms with Crippen molar-refractivity contribution in [3.05, 3.63) is 34.9 Å². The van der Waals surface area contributed by atoms with Crippen LogP contribution < -0.4 is 5.69 Å². The maximum atomic E-state index is 12.0. The van der Waals surface area contributed by atoms with Crippen molar-refractivity contribution in [3.63, 3.8) is 0 Å². The molecule has 2 aromatic heterocycles. The maximum absolute atomic E-state index is 12.0. The van der Waals surface area contributed by atoms with Crippen LogP contribution in [0.1, 0.15) is 19.3 Å². The molecule has 0 amide bonds. The van der Waals surface area contributed by atoms with E-state index in [9.17, 15) is 4.79 Å². The highest BCUT2D eigenvalue weighted by molar-refractivity contribution is 5.35. The molecule has 0 aliphatic heterocycles. The van der Waals surface area contributed by atoms with Crippen molar-refractivity contribution in [2.24, 2.45) is 5.41 Å². The lowest BCUT2D eigenvalue weighted by Gasteiger charge is -2.08. The summed E-state index contributed by atoms with van der Waals surface area (Å²) in [5.41, 5.74) is 0.534. The third-order valence-electron chi connectivity index (χ3n) is 3.38. The molecule has 5 nitrogen and oxygen atoms in total. The van der Waals surface area contributed by atoms with Gasteiger partial charge in [-0.15, -0.1) is 5.10 Å².